The van der Waals surface area contributed by atoms with E-state index in [2.05, 4.69) is 14.8 Å². The number of nitrogens with zero attached hydrogens (tertiary/aromatic N) is 3. The number of ether oxygens (including phenoxy) is 1. The van der Waals surface area contributed by atoms with Crippen LogP contribution < -0.4 is 4.74 Å². The van der Waals surface area contributed by atoms with Gasteiger partial charge >= 0.3 is 0 Å². The van der Waals surface area contributed by atoms with Crippen LogP contribution in [0.2, 0.25) is 0 Å². The maximum atomic E-state index is 13.1. The smallest absolute Gasteiger partial charge is 0.259 e. The van der Waals surface area contributed by atoms with E-state index in [1.807, 2.05) is 19.1 Å². The molecule has 130 valence electrons. The first-order valence-electron chi connectivity index (χ1n) is 9.35. The second-order valence-electron chi connectivity index (χ2n) is 7.49. The summed E-state index contributed by atoms with van der Waals surface area (Å²) in [5.74, 6) is 2.07. The van der Waals surface area contributed by atoms with Crippen LogP contribution >= 0.6 is 0 Å². The standard InChI is InChI=1S/C19H27N3O2/c1-2-24-18-17(4-3-9-20-18)19(23)22-12-15-7-8-16(13-22)21(11-15)10-14-5-6-14/h3-4,9,14-16H,2,5-8,10-13H2,1H3/t15-,16-/m0/s1. The first-order valence-corrected chi connectivity index (χ1v) is 9.35. The third-order valence-corrected chi connectivity index (χ3v) is 5.59. The van der Waals surface area contributed by atoms with E-state index in [9.17, 15) is 4.79 Å². The predicted octanol–water partition coefficient (Wildman–Crippen LogP) is 2.43. The van der Waals surface area contributed by atoms with Gasteiger partial charge in [0, 0.05) is 38.4 Å². The number of rotatable bonds is 5. The lowest BCUT2D eigenvalue weighted by molar-refractivity contribution is 0.0731. The van der Waals surface area contributed by atoms with Gasteiger partial charge in [0.1, 0.15) is 5.56 Å². The molecule has 1 aromatic rings. The molecule has 2 bridgehead atoms. The normalized spacial score (nSPS) is 27.1. The molecule has 0 spiro atoms. The van der Waals surface area contributed by atoms with Crippen molar-refractivity contribution in [2.75, 3.05) is 32.8 Å². The van der Waals surface area contributed by atoms with E-state index in [0.29, 0.717) is 30.0 Å². The number of carbonyl (C=O) groups excluding carboxylic acids is 1. The molecule has 0 unspecified atom stereocenters. The Kier molecular flexibility index (Phi) is 4.44. The highest BCUT2D eigenvalue weighted by molar-refractivity contribution is 5.96. The second kappa shape index (κ2) is 6.71. The van der Waals surface area contributed by atoms with Crippen molar-refractivity contribution < 1.29 is 9.53 Å². The molecule has 3 aliphatic heterocycles. The molecule has 2 atom stereocenters. The molecule has 5 heteroatoms. The summed E-state index contributed by atoms with van der Waals surface area (Å²) in [4.78, 5) is 22.0. The van der Waals surface area contributed by atoms with Gasteiger partial charge in [0.25, 0.3) is 5.91 Å². The highest BCUT2D eigenvalue weighted by Gasteiger charge is 2.39. The molecule has 3 saturated heterocycles. The first-order chi connectivity index (χ1) is 11.7. The number of aromatic nitrogens is 1. The van der Waals surface area contributed by atoms with Gasteiger partial charge in [-0.3, -0.25) is 9.69 Å². The number of hydrogen-bond donors (Lipinski definition) is 0. The van der Waals surface area contributed by atoms with E-state index < -0.39 is 0 Å². The van der Waals surface area contributed by atoms with Crippen molar-refractivity contribution in [2.45, 2.75) is 38.6 Å². The lowest BCUT2D eigenvalue weighted by Gasteiger charge is -2.36. The van der Waals surface area contributed by atoms with E-state index in [1.165, 1.54) is 32.2 Å². The summed E-state index contributed by atoms with van der Waals surface area (Å²) in [6, 6.07) is 4.19. The minimum Gasteiger partial charge on any atom is -0.477 e. The van der Waals surface area contributed by atoms with Crippen LogP contribution in [-0.4, -0.2) is 59.5 Å². The molecule has 1 aromatic heterocycles. The van der Waals surface area contributed by atoms with Crippen LogP contribution in [0.4, 0.5) is 0 Å². The van der Waals surface area contributed by atoms with Gasteiger partial charge in [0.15, 0.2) is 0 Å². The number of fused-ring (bicyclic) bond motifs is 4. The molecular formula is C19H27N3O2. The molecular weight excluding hydrogens is 302 g/mol. The second-order valence-corrected chi connectivity index (χ2v) is 7.49. The molecule has 1 aliphatic carbocycles. The third-order valence-electron chi connectivity index (χ3n) is 5.59. The van der Waals surface area contributed by atoms with Crippen molar-refractivity contribution in [2.24, 2.45) is 11.8 Å². The zero-order valence-electron chi connectivity index (χ0n) is 14.5. The number of hydrogen-bond acceptors (Lipinski definition) is 4. The summed E-state index contributed by atoms with van der Waals surface area (Å²) in [5, 5.41) is 0. The summed E-state index contributed by atoms with van der Waals surface area (Å²) >= 11 is 0. The minimum atomic E-state index is 0.0803. The number of amides is 1. The predicted molar refractivity (Wildman–Crippen MR) is 92.1 cm³/mol. The molecule has 5 rings (SSSR count). The topological polar surface area (TPSA) is 45.7 Å². The summed E-state index contributed by atoms with van der Waals surface area (Å²) in [6.07, 6.45) is 6.95. The Morgan fingerprint density at radius 3 is 2.92 bits per heavy atom. The van der Waals surface area contributed by atoms with Crippen LogP contribution in [0, 0.1) is 11.8 Å². The van der Waals surface area contributed by atoms with E-state index in [0.717, 1.165) is 25.6 Å². The molecule has 4 aliphatic rings. The Bertz CT molecular complexity index is 602. The van der Waals surface area contributed by atoms with Gasteiger partial charge in [-0.05, 0) is 56.6 Å². The van der Waals surface area contributed by atoms with Gasteiger partial charge in [0.2, 0.25) is 5.88 Å². The number of piperidine rings is 1. The van der Waals surface area contributed by atoms with Crippen molar-refractivity contribution in [3.05, 3.63) is 23.9 Å². The summed E-state index contributed by atoms with van der Waals surface area (Å²) in [6.45, 7) is 6.57. The Labute approximate surface area is 144 Å². The molecule has 4 heterocycles. The van der Waals surface area contributed by atoms with E-state index in [1.54, 1.807) is 6.20 Å². The monoisotopic (exact) mass is 329 g/mol. The average Bonchev–Trinajstić information content (AvgIpc) is 3.43. The minimum absolute atomic E-state index is 0.0803. The molecule has 0 N–H and O–H groups in total. The third kappa shape index (κ3) is 3.27. The zero-order chi connectivity index (χ0) is 16.5. The lowest BCUT2D eigenvalue weighted by Crippen LogP contribution is -2.45. The summed E-state index contributed by atoms with van der Waals surface area (Å²) in [5.41, 5.74) is 0.606. The quantitative estimate of drug-likeness (QED) is 0.832. The van der Waals surface area contributed by atoms with Gasteiger partial charge in [-0.15, -0.1) is 0 Å². The van der Waals surface area contributed by atoms with Crippen LogP contribution in [-0.2, 0) is 0 Å². The Balaban J connectivity index is 1.51. The maximum absolute atomic E-state index is 13.1. The van der Waals surface area contributed by atoms with Gasteiger partial charge in [0.05, 0.1) is 6.61 Å². The molecule has 1 amide bonds. The Morgan fingerprint density at radius 1 is 1.25 bits per heavy atom. The van der Waals surface area contributed by atoms with Crippen molar-refractivity contribution >= 4 is 5.91 Å². The zero-order valence-corrected chi connectivity index (χ0v) is 14.5. The summed E-state index contributed by atoms with van der Waals surface area (Å²) in [7, 11) is 0. The number of pyridine rings is 1. The molecule has 0 radical (unpaired) electrons. The first kappa shape index (κ1) is 15.9. The van der Waals surface area contributed by atoms with Crippen LogP contribution in [0.5, 0.6) is 5.88 Å². The SMILES string of the molecule is CCOc1ncccc1C(=O)N1C[C@H]2CC[C@@H](C1)N(CC1CC1)C2. The van der Waals surface area contributed by atoms with E-state index in [-0.39, 0.29) is 5.91 Å². The fourth-order valence-electron chi connectivity index (χ4n) is 4.18. The van der Waals surface area contributed by atoms with E-state index >= 15 is 0 Å². The van der Waals surface area contributed by atoms with Crippen molar-refractivity contribution in [1.82, 2.24) is 14.8 Å². The number of carbonyl (C=O) groups is 1. The van der Waals surface area contributed by atoms with Crippen molar-refractivity contribution in [1.29, 1.82) is 0 Å². The maximum Gasteiger partial charge on any atom is 0.259 e. The molecule has 24 heavy (non-hydrogen) atoms. The largest absolute Gasteiger partial charge is 0.477 e. The van der Waals surface area contributed by atoms with Gasteiger partial charge in [-0.1, -0.05) is 0 Å². The molecule has 4 fully saturated rings. The fraction of sp³-hybridized carbons (Fsp3) is 0.684. The van der Waals surface area contributed by atoms with Gasteiger partial charge in [-0.25, -0.2) is 4.98 Å². The van der Waals surface area contributed by atoms with Crippen molar-refractivity contribution in [3.8, 4) is 5.88 Å². The Morgan fingerprint density at radius 2 is 2.12 bits per heavy atom. The van der Waals surface area contributed by atoms with Crippen LogP contribution in [0.25, 0.3) is 0 Å². The molecule has 0 aromatic carbocycles. The van der Waals surface area contributed by atoms with Gasteiger partial charge < -0.3 is 9.64 Å². The Hall–Kier alpha value is -1.62. The highest BCUT2D eigenvalue weighted by atomic mass is 16.5. The molecule has 5 nitrogen and oxygen atoms in total. The average molecular weight is 329 g/mol. The van der Waals surface area contributed by atoms with Crippen LogP contribution in [0.1, 0.15) is 43.0 Å². The summed E-state index contributed by atoms with van der Waals surface area (Å²) < 4.78 is 5.56. The van der Waals surface area contributed by atoms with Crippen molar-refractivity contribution in [3.63, 3.8) is 0 Å². The van der Waals surface area contributed by atoms with Crippen LogP contribution in [0.15, 0.2) is 18.3 Å². The fourth-order valence-corrected chi connectivity index (χ4v) is 4.18. The van der Waals surface area contributed by atoms with Crippen LogP contribution in [0.3, 0.4) is 0 Å². The molecule has 1 saturated carbocycles. The van der Waals surface area contributed by atoms with Gasteiger partial charge in [-0.2, -0.15) is 0 Å². The lowest BCUT2D eigenvalue weighted by atomic mass is 9.95. The van der Waals surface area contributed by atoms with E-state index in [4.69, 9.17) is 4.74 Å². The highest BCUT2D eigenvalue weighted by Crippen LogP contribution is 2.35.